The van der Waals surface area contributed by atoms with Crippen LogP contribution in [0.1, 0.15) is 66.6 Å². The van der Waals surface area contributed by atoms with Crippen LogP contribution in [0.15, 0.2) is 14.4 Å². The maximum Gasteiger partial charge on any atom is 0.255 e. The second kappa shape index (κ2) is 6.42. The molecule has 0 bridgehead atoms. The van der Waals surface area contributed by atoms with Crippen molar-refractivity contribution in [2.75, 3.05) is 13.1 Å². The number of amidine groups is 1. The lowest BCUT2D eigenvalue weighted by atomic mass is 9.96. The summed E-state index contributed by atoms with van der Waals surface area (Å²) in [6, 6.07) is 0.261. The van der Waals surface area contributed by atoms with E-state index in [0.717, 1.165) is 37.3 Å². The van der Waals surface area contributed by atoms with Crippen LogP contribution in [0.4, 0.5) is 5.88 Å². The molecule has 6 heteroatoms. The molecular formula is C18H24N4O2. The van der Waals surface area contributed by atoms with Crippen molar-refractivity contribution in [3.05, 3.63) is 16.9 Å². The smallest absolute Gasteiger partial charge is 0.255 e. The van der Waals surface area contributed by atoms with Crippen LogP contribution >= 0.6 is 0 Å². The van der Waals surface area contributed by atoms with E-state index in [4.69, 9.17) is 4.42 Å². The molecule has 1 aliphatic carbocycles. The Morgan fingerprint density at radius 3 is 2.79 bits per heavy atom. The normalized spacial score (nSPS) is 20.9. The third-order valence-electron chi connectivity index (χ3n) is 5.15. The highest BCUT2D eigenvalue weighted by Crippen LogP contribution is 2.34. The van der Waals surface area contributed by atoms with Gasteiger partial charge in [0.05, 0.1) is 17.7 Å². The highest BCUT2D eigenvalue weighted by atomic mass is 16.4. The van der Waals surface area contributed by atoms with Crippen molar-refractivity contribution in [2.45, 2.75) is 57.9 Å². The molecule has 1 fully saturated rings. The Kier molecular flexibility index (Phi) is 4.12. The van der Waals surface area contributed by atoms with E-state index in [2.05, 4.69) is 15.3 Å². The number of aryl methyl sites for hydroxylation is 1. The first-order valence-electron chi connectivity index (χ1n) is 9.04. The topological polar surface area (TPSA) is 70.2 Å². The van der Waals surface area contributed by atoms with Gasteiger partial charge in [-0.15, -0.1) is 0 Å². The molecule has 24 heavy (non-hydrogen) atoms. The Morgan fingerprint density at radius 2 is 2.00 bits per heavy atom. The maximum absolute atomic E-state index is 13.0. The van der Waals surface area contributed by atoms with Gasteiger partial charge >= 0.3 is 0 Å². The molecular weight excluding hydrogens is 304 g/mol. The van der Waals surface area contributed by atoms with Crippen LogP contribution in [0, 0.1) is 6.92 Å². The molecule has 1 N–H and O–H groups in total. The Bertz CT molecular complexity index is 696. The highest BCUT2D eigenvalue weighted by molar-refractivity contribution is 6.17. The quantitative estimate of drug-likeness (QED) is 0.906. The first kappa shape index (κ1) is 15.4. The first-order valence-corrected chi connectivity index (χ1v) is 9.04. The van der Waals surface area contributed by atoms with E-state index in [1.54, 1.807) is 6.34 Å². The average molecular weight is 328 g/mol. The van der Waals surface area contributed by atoms with Gasteiger partial charge in [-0.1, -0.05) is 32.1 Å². The number of nitrogens with one attached hydrogen (secondary N) is 1. The lowest BCUT2D eigenvalue weighted by Gasteiger charge is -2.22. The number of carbonyl (C=O) groups excluding carboxylic acids is 1. The van der Waals surface area contributed by atoms with Gasteiger partial charge in [-0.3, -0.25) is 9.79 Å². The predicted octanol–water partition coefficient (Wildman–Crippen LogP) is 3.17. The number of nitrogens with zero attached hydrogens (tertiary/aromatic N) is 3. The molecule has 4 rings (SSSR count). The SMILES string of the molecule is Cc1oc2c(c1C(=O)NC1CCCCCCC1)C1=NCCN1C=N2. The molecule has 0 aromatic carbocycles. The van der Waals surface area contributed by atoms with Gasteiger partial charge in [-0.05, 0) is 19.8 Å². The van der Waals surface area contributed by atoms with E-state index in [0.29, 0.717) is 17.2 Å². The van der Waals surface area contributed by atoms with Gasteiger partial charge in [0.25, 0.3) is 5.91 Å². The van der Waals surface area contributed by atoms with Gasteiger partial charge in [0.15, 0.2) is 0 Å². The van der Waals surface area contributed by atoms with Gasteiger partial charge in [0, 0.05) is 12.6 Å². The minimum atomic E-state index is -0.0466. The summed E-state index contributed by atoms with van der Waals surface area (Å²) in [4.78, 5) is 23.8. The monoisotopic (exact) mass is 328 g/mol. The van der Waals surface area contributed by atoms with Crippen molar-refractivity contribution in [3.8, 4) is 0 Å². The van der Waals surface area contributed by atoms with Crippen LogP contribution in [0.2, 0.25) is 0 Å². The molecule has 0 saturated heterocycles. The molecule has 0 unspecified atom stereocenters. The first-order chi connectivity index (χ1) is 11.7. The molecule has 2 aliphatic heterocycles. The van der Waals surface area contributed by atoms with E-state index < -0.39 is 0 Å². The summed E-state index contributed by atoms with van der Waals surface area (Å²) in [6.45, 7) is 3.38. The van der Waals surface area contributed by atoms with Crippen LogP contribution in [0.3, 0.4) is 0 Å². The average Bonchev–Trinajstić information content (AvgIpc) is 3.12. The molecule has 0 spiro atoms. The predicted molar refractivity (Wildman–Crippen MR) is 93.3 cm³/mol. The molecule has 128 valence electrons. The van der Waals surface area contributed by atoms with E-state index >= 15 is 0 Å². The van der Waals surface area contributed by atoms with Crippen LogP contribution in [0.25, 0.3) is 0 Å². The molecule has 1 amide bonds. The fraction of sp³-hybridized carbons (Fsp3) is 0.611. The third-order valence-corrected chi connectivity index (χ3v) is 5.15. The minimum Gasteiger partial charge on any atom is -0.442 e. The Hall–Kier alpha value is -2.11. The molecule has 6 nitrogen and oxygen atoms in total. The lowest BCUT2D eigenvalue weighted by molar-refractivity contribution is 0.0928. The van der Waals surface area contributed by atoms with Crippen LogP contribution < -0.4 is 5.32 Å². The Morgan fingerprint density at radius 1 is 1.25 bits per heavy atom. The van der Waals surface area contributed by atoms with E-state index in [1.807, 2.05) is 11.8 Å². The molecule has 1 aromatic rings. The van der Waals surface area contributed by atoms with Crippen molar-refractivity contribution in [2.24, 2.45) is 9.98 Å². The molecule has 0 atom stereocenters. The van der Waals surface area contributed by atoms with Gasteiger partial charge in [-0.2, -0.15) is 0 Å². The lowest BCUT2D eigenvalue weighted by Crippen LogP contribution is -2.37. The Balaban J connectivity index is 1.59. The van der Waals surface area contributed by atoms with Gasteiger partial charge in [0.2, 0.25) is 5.88 Å². The van der Waals surface area contributed by atoms with Crippen LogP contribution in [-0.4, -0.2) is 42.1 Å². The number of rotatable bonds is 2. The standard InChI is InChI=1S/C18H24N4O2/c1-12-14(17(23)21-13-7-5-3-2-4-6-8-13)15-16-19-9-10-22(16)11-20-18(15)24-12/h11,13H,2-10H2,1H3,(H,21,23). The molecule has 1 saturated carbocycles. The highest BCUT2D eigenvalue weighted by Gasteiger charge is 2.34. The second-order valence-electron chi connectivity index (χ2n) is 6.87. The number of carbonyl (C=O) groups is 1. The number of fused-ring (bicyclic) bond motifs is 3. The summed E-state index contributed by atoms with van der Waals surface area (Å²) in [7, 11) is 0. The fourth-order valence-corrected chi connectivity index (χ4v) is 3.88. The number of hydrogen-bond donors (Lipinski definition) is 1. The van der Waals surface area contributed by atoms with E-state index in [1.165, 1.54) is 32.1 Å². The van der Waals surface area contributed by atoms with Gasteiger partial charge in [0.1, 0.15) is 17.9 Å². The number of amides is 1. The number of aliphatic imine (C=N–C) groups is 2. The summed E-state index contributed by atoms with van der Waals surface area (Å²) in [5.74, 6) is 1.90. The van der Waals surface area contributed by atoms with Crippen molar-refractivity contribution >= 4 is 24.0 Å². The Labute approximate surface area is 142 Å². The zero-order chi connectivity index (χ0) is 16.5. The summed E-state index contributed by atoms with van der Waals surface area (Å²) in [6.07, 6.45) is 10.1. The zero-order valence-electron chi connectivity index (χ0n) is 14.2. The summed E-state index contributed by atoms with van der Waals surface area (Å²) >= 11 is 0. The van der Waals surface area contributed by atoms with Crippen molar-refractivity contribution in [1.29, 1.82) is 0 Å². The van der Waals surface area contributed by atoms with Crippen molar-refractivity contribution in [1.82, 2.24) is 10.2 Å². The number of hydrogen-bond acceptors (Lipinski definition) is 5. The van der Waals surface area contributed by atoms with Gasteiger partial charge in [-0.25, -0.2) is 4.99 Å². The molecule has 1 aromatic heterocycles. The van der Waals surface area contributed by atoms with Crippen LogP contribution in [-0.2, 0) is 0 Å². The number of furan rings is 1. The van der Waals surface area contributed by atoms with Crippen molar-refractivity contribution in [3.63, 3.8) is 0 Å². The van der Waals surface area contributed by atoms with Crippen molar-refractivity contribution < 1.29 is 9.21 Å². The largest absolute Gasteiger partial charge is 0.442 e. The van der Waals surface area contributed by atoms with E-state index in [-0.39, 0.29) is 11.9 Å². The summed E-state index contributed by atoms with van der Waals surface area (Å²) < 4.78 is 5.73. The van der Waals surface area contributed by atoms with Crippen LogP contribution in [0.5, 0.6) is 0 Å². The summed E-state index contributed by atoms with van der Waals surface area (Å²) in [5.41, 5.74) is 1.37. The molecule has 3 aliphatic rings. The summed E-state index contributed by atoms with van der Waals surface area (Å²) in [5, 5.41) is 3.24. The zero-order valence-corrected chi connectivity index (χ0v) is 14.2. The maximum atomic E-state index is 13.0. The second-order valence-corrected chi connectivity index (χ2v) is 6.87. The third kappa shape index (κ3) is 2.74. The van der Waals surface area contributed by atoms with E-state index in [9.17, 15) is 4.79 Å². The minimum absolute atomic E-state index is 0.0466. The molecule has 0 radical (unpaired) electrons. The molecule has 3 heterocycles. The van der Waals surface area contributed by atoms with Gasteiger partial charge < -0.3 is 14.6 Å². The fourth-order valence-electron chi connectivity index (χ4n) is 3.88.